The molecule has 1 aromatic rings. The van der Waals surface area contributed by atoms with E-state index in [-0.39, 0.29) is 5.78 Å². The Morgan fingerprint density at radius 2 is 1.68 bits per heavy atom. The molecule has 1 saturated heterocycles. The molecule has 19 heavy (non-hydrogen) atoms. The van der Waals surface area contributed by atoms with Crippen LogP contribution in [0.1, 0.15) is 55.8 Å². The van der Waals surface area contributed by atoms with E-state index in [0.29, 0.717) is 5.41 Å². The summed E-state index contributed by atoms with van der Waals surface area (Å²) in [5, 5.41) is 0. The van der Waals surface area contributed by atoms with Crippen LogP contribution >= 0.6 is 0 Å². The number of rotatable bonds is 2. The number of benzene rings is 1. The Morgan fingerprint density at radius 1 is 1.05 bits per heavy atom. The summed E-state index contributed by atoms with van der Waals surface area (Å²) in [7, 11) is 0. The molecule has 1 aromatic carbocycles. The largest absolute Gasteiger partial charge is 0.371 e. The zero-order valence-corrected chi connectivity index (χ0v) is 11.8. The molecule has 2 fully saturated rings. The highest BCUT2D eigenvalue weighted by atomic mass is 16.1. The fourth-order valence-electron chi connectivity index (χ4n) is 3.89. The molecular formula is C17H23NO. The molecule has 2 nitrogen and oxygen atoms in total. The van der Waals surface area contributed by atoms with Gasteiger partial charge in [-0.3, -0.25) is 4.79 Å². The highest BCUT2D eigenvalue weighted by molar-refractivity contribution is 5.99. The summed E-state index contributed by atoms with van der Waals surface area (Å²) in [4.78, 5) is 14.1. The van der Waals surface area contributed by atoms with Crippen LogP contribution in [-0.4, -0.2) is 18.9 Å². The van der Waals surface area contributed by atoms with E-state index in [1.807, 2.05) is 18.2 Å². The van der Waals surface area contributed by atoms with Crippen LogP contribution in [0.25, 0.3) is 0 Å². The second-order valence-corrected chi connectivity index (χ2v) is 6.27. The zero-order chi connectivity index (χ0) is 13.3. The molecule has 1 spiro atoms. The average molecular weight is 257 g/mol. The van der Waals surface area contributed by atoms with Gasteiger partial charge >= 0.3 is 0 Å². The van der Waals surface area contributed by atoms with Crippen LogP contribution in [-0.2, 0) is 0 Å². The first kappa shape index (κ1) is 12.7. The Kier molecular flexibility index (Phi) is 3.34. The van der Waals surface area contributed by atoms with Crippen molar-refractivity contribution < 1.29 is 4.79 Å². The topological polar surface area (TPSA) is 20.3 Å². The SMILES string of the molecule is CC(=O)c1ccccc1N1CCC2(CCCC2)CC1. The van der Waals surface area contributed by atoms with Crippen molar-refractivity contribution in [3.05, 3.63) is 29.8 Å². The number of ketones is 1. The van der Waals surface area contributed by atoms with E-state index in [1.54, 1.807) is 6.92 Å². The van der Waals surface area contributed by atoms with Crippen LogP contribution in [0.15, 0.2) is 24.3 Å². The predicted molar refractivity (Wildman–Crippen MR) is 78.8 cm³/mol. The number of Topliss-reactive ketones (excluding diaryl/α,β-unsaturated/α-hetero) is 1. The molecule has 2 heteroatoms. The van der Waals surface area contributed by atoms with Crippen molar-refractivity contribution in [1.29, 1.82) is 0 Å². The summed E-state index contributed by atoms with van der Waals surface area (Å²) < 4.78 is 0. The van der Waals surface area contributed by atoms with E-state index in [1.165, 1.54) is 38.5 Å². The lowest BCUT2D eigenvalue weighted by atomic mass is 9.77. The van der Waals surface area contributed by atoms with E-state index in [4.69, 9.17) is 0 Å². The number of piperidine rings is 1. The molecule has 1 heterocycles. The van der Waals surface area contributed by atoms with Crippen molar-refractivity contribution in [2.45, 2.75) is 45.4 Å². The summed E-state index contributed by atoms with van der Waals surface area (Å²) in [6.07, 6.45) is 8.30. The van der Waals surface area contributed by atoms with E-state index in [9.17, 15) is 4.79 Å². The van der Waals surface area contributed by atoms with E-state index in [2.05, 4.69) is 11.0 Å². The summed E-state index contributed by atoms with van der Waals surface area (Å²) in [5.74, 6) is 0.178. The van der Waals surface area contributed by atoms with Gasteiger partial charge in [0.05, 0.1) is 0 Å². The standard InChI is InChI=1S/C17H23NO/c1-14(19)15-6-2-3-7-16(15)18-12-10-17(11-13-18)8-4-5-9-17/h2-3,6-7H,4-5,8-13H2,1H3. The molecule has 0 atom stereocenters. The van der Waals surface area contributed by atoms with E-state index >= 15 is 0 Å². The maximum absolute atomic E-state index is 11.7. The van der Waals surface area contributed by atoms with Crippen LogP contribution in [0.4, 0.5) is 5.69 Å². The molecule has 1 aliphatic carbocycles. The minimum absolute atomic E-state index is 0.178. The van der Waals surface area contributed by atoms with Gasteiger partial charge in [-0.05, 0) is 50.2 Å². The van der Waals surface area contributed by atoms with Gasteiger partial charge in [0.15, 0.2) is 5.78 Å². The smallest absolute Gasteiger partial charge is 0.161 e. The average Bonchev–Trinajstić information content (AvgIpc) is 2.88. The Morgan fingerprint density at radius 3 is 2.32 bits per heavy atom. The third-order valence-electron chi connectivity index (χ3n) is 5.11. The normalized spacial score (nSPS) is 21.8. The molecule has 102 valence electrons. The molecular weight excluding hydrogens is 234 g/mol. The van der Waals surface area contributed by atoms with Crippen molar-refractivity contribution in [2.24, 2.45) is 5.41 Å². The lowest BCUT2D eigenvalue weighted by Gasteiger charge is -2.41. The first-order valence-electron chi connectivity index (χ1n) is 7.55. The lowest BCUT2D eigenvalue weighted by molar-refractivity contribution is 0.101. The van der Waals surface area contributed by atoms with Crippen molar-refractivity contribution in [3.8, 4) is 0 Å². The van der Waals surface area contributed by atoms with Crippen molar-refractivity contribution >= 4 is 11.5 Å². The highest BCUT2D eigenvalue weighted by Crippen LogP contribution is 2.46. The van der Waals surface area contributed by atoms with Crippen molar-refractivity contribution in [1.82, 2.24) is 0 Å². The third kappa shape index (κ3) is 2.41. The van der Waals surface area contributed by atoms with Gasteiger partial charge in [0.1, 0.15) is 0 Å². The van der Waals surface area contributed by atoms with Crippen LogP contribution in [0.2, 0.25) is 0 Å². The van der Waals surface area contributed by atoms with E-state index in [0.717, 1.165) is 24.3 Å². The Bertz CT molecular complexity index is 464. The number of nitrogens with zero attached hydrogens (tertiary/aromatic N) is 1. The van der Waals surface area contributed by atoms with Crippen molar-refractivity contribution in [3.63, 3.8) is 0 Å². The van der Waals surface area contributed by atoms with Gasteiger partial charge in [-0.15, -0.1) is 0 Å². The maximum Gasteiger partial charge on any atom is 0.161 e. The number of para-hydroxylation sites is 1. The number of carbonyl (C=O) groups is 1. The van der Waals surface area contributed by atoms with Crippen LogP contribution in [0.5, 0.6) is 0 Å². The molecule has 0 radical (unpaired) electrons. The fourth-order valence-corrected chi connectivity index (χ4v) is 3.89. The summed E-state index contributed by atoms with van der Waals surface area (Å²) in [5.41, 5.74) is 2.66. The number of carbonyl (C=O) groups excluding carboxylic acids is 1. The molecule has 0 bridgehead atoms. The Balaban J connectivity index is 1.76. The minimum atomic E-state index is 0.178. The molecule has 0 amide bonds. The number of anilines is 1. The summed E-state index contributed by atoms with van der Waals surface area (Å²) in [6, 6.07) is 8.06. The molecule has 0 N–H and O–H groups in total. The Labute approximate surface area is 115 Å². The third-order valence-corrected chi connectivity index (χ3v) is 5.11. The quantitative estimate of drug-likeness (QED) is 0.745. The van der Waals surface area contributed by atoms with Gasteiger partial charge in [0, 0.05) is 24.3 Å². The molecule has 2 aliphatic rings. The lowest BCUT2D eigenvalue weighted by Crippen LogP contribution is -2.39. The summed E-state index contributed by atoms with van der Waals surface area (Å²) >= 11 is 0. The van der Waals surface area contributed by atoms with Crippen LogP contribution in [0, 0.1) is 5.41 Å². The zero-order valence-electron chi connectivity index (χ0n) is 11.8. The monoisotopic (exact) mass is 257 g/mol. The molecule has 1 aliphatic heterocycles. The first-order chi connectivity index (χ1) is 9.20. The van der Waals surface area contributed by atoms with E-state index < -0.39 is 0 Å². The maximum atomic E-state index is 11.7. The first-order valence-corrected chi connectivity index (χ1v) is 7.55. The fraction of sp³-hybridized carbons (Fsp3) is 0.588. The molecule has 0 aromatic heterocycles. The van der Waals surface area contributed by atoms with Crippen LogP contribution < -0.4 is 4.90 Å². The van der Waals surface area contributed by atoms with Gasteiger partial charge in [0.2, 0.25) is 0 Å². The molecule has 0 unspecified atom stereocenters. The molecule has 3 rings (SSSR count). The summed E-state index contributed by atoms with van der Waals surface area (Å²) in [6.45, 7) is 3.90. The number of hydrogen-bond acceptors (Lipinski definition) is 2. The van der Waals surface area contributed by atoms with Gasteiger partial charge in [-0.2, -0.15) is 0 Å². The van der Waals surface area contributed by atoms with Crippen molar-refractivity contribution in [2.75, 3.05) is 18.0 Å². The van der Waals surface area contributed by atoms with Gasteiger partial charge in [-0.1, -0.05) is 25.0 Å². The Hall–Kier alpha value is -1.31. The highest BCUT2D eigenvalue weighted by Gasteiger charge is 2.37. The predicted octanol–water partition coefficient (Wildman–Crippen LogP) is 4.05. The van der Waals surface area contributed by atoms with Gasteiger partial charge in [0.25, 0.3) is 0 Å². The second kappa shape index (κ2) is 4.99. The van der Waals surface area contributed by atoms with Gasteiger partial charge < -0.3 is 4.90 Å². The molecule has 1 saturated carbocycles. The van der Waals surface area contributed by atoms with Crippen LogP contribution in [0.3, 0.4) is 0 Å². The van der Waals surface area contributed by atoms with Gasteiger partial charge in [-0.25, -0.2) is 0 Å². The second-order valence-electron chi connectivity index (χ2n) is 6.27. The number of hydrogen-bond donors (Lipinski definition) is 0. The minimum Gasteiger partial charge on any atom is -0.371 e.